The summed E-state index contributed by atoms with van der Waals surface area (Å²) in [4.78, 5) is 34.0. The molecule has 2 aromatic rings. The molecular weight excluding hydrogens is 334 g/mol. The predicted molar refractivity (Wildman–Crippen MR) is 97.7 cm³/mol. The molecule has 0 heterocycles. The molecular formula is C19H21N3O4. The van der Waals surface area contributed by atoms with E-state index in [9.17, 15) is 14.4 Å². The lowest BCUT2D eigenvalue weighted by atomic mass is 10.0. The van der Waals surface area contributed by atoms with E-state index in [0.29, 0.717) is 12.1 Å². The zero-order valence-electron chi connectivity index (χ0n) is 14.1. The van der Waals surface area contributed by atoms with E-state index in [1.807, 2.05) is 48.5 Å². The van der Waals surface area contributed by atoms with Crippen molar-refractivity contribution in [2.75, 3.05) is 5.32 Å². The van der Waals surface area contributed by atoms with Gasteiger partial charge in [-0.25, -0.2) is 9.59 Å². The van der Waals surface area contributed by atoms with E-state index in [1.165, 1.54) is 0 Å². The molecule has 0 spiro atoms. The van der Waals surface area contributed by atoms with Gasteiger partial charge in [-0.1, -0.05) is 42.5 Å². The van der Waals surface area contributed by atoms with Crippen molar-refractivity contribution < 1.29 is 19.5 Å². The Bertz CT molecular complexity index is 777. The van der Waals surface area contributed by atoms with E-state index < -0.39 is 23.9 Å². The van der Waals surface area contributed by atoms with E-state index in [4.69, 9.17) is 10.8 Å². The normalized spacial score (nSPS) is 11.4. The molecule has 7 nitrogen and oxygen atoms in total. The molecule has 7 heteroatoms. The second-order valence-electron chi connectivity index (χ2n) is 5.86. The molecule has 5 N–H and O–H groups in total. The summed E-state index contributed by atoms with van der Waals surface area (Å²) in [6, 6.07) is 15.4. The fourth-order valence-electron chi connectivity index (χ4n) is 2.46. The standard InChI is InChI=1S/C19H21N3O4/c20-17(23)10-9-16(18(24)25)22-19(26)21-15-8-4-7-14(12-15)11-13-5-2-1-3-6-13/h1-8,12,16H,9-11H2,(H2,20,23)(H,24,25)(H2,21,22,26)/t16-/m0/s1. The zero-order valence-corrected chi connectivity index (χ0v) is 14.1. The maximum Gasteiger partial charge on any atom is 0.326 e. The number of primary amides is 1. The Morgan fingerprint density at radius 1 is 1.00 bits per heavy atom. The van der Waals surface area contributed by atoms with E-state index >= 15 is 0 Å². The smallest absolute Gasteiger partial charge is 0.326 e. The lowest BCUT2D eigenvalue weighted by molar-refractivity contribution is -0.139. The molecule has 0 aliphatic heterocycles. The SMILES string of the molecule is NC(=O)CC[C@H](NC(=O)Nc1cccc(Cc2ccccc2)c1)C(=O)O. The van der Waals surface area contributed by atoms with Gasteiger partial charge in [0.15, 0.2) is 0 Å². The van der Waals surface area contributed by atoms with Crippen molar-refractivity contribution in [3.63, 3.8) is 0 Å². The maximum atomic E-state index is 12.0. The van der Waals surface area contributed by atoms with Gasteiger partial charge in [-0.2, -0.15) is 0 Å². The average Bonchev–Trinajstić information content (AvgIpc) is 2.59. The summed E-state index contributed by atoms with van der Waals surface area (Å²) in [6.45, 7) is 0. The van der Waals surface area contributed by atoms with Crippen LogP contribution in [0.2, 0.25) is 0 Å². The summed E-state index contributed by atoms with van der Waals surface area (Å²) in [5.41, 5.74) is 7.72. The Morgan fingerprint density at radius 2 is 1.69 bits per heavy atom. The van der Waals surface area contributed by atoms with Gasteiger partial charge in [0.25, 0.3) is 0 Å². The van der Waals surface area contributed by atoms with Crippen molar-refractivity contribution in [3.05, 3.63) is 65.7 Å². The first-order chi connectivity index (χ1) is 12.4. The van der Waals surface area contributed by atoms with Crippen molar-refractivity contribution in [1.82, 2.24) is 5.32 Å². The summed E-state index contributed by atoms with van der Waals surface area (Å²) in [7, 11) is 0. The number of urea groups is 1. The highest BCUT2D eigenvalue weighted by atomic mass is 16.4. The number of aliphatic carboxylic acids is 1. The van der Waals surface area contributed by atoms with Crippen molar-refractivity contribution in [2.24, 2.45) is 5.73 Å². The van der Waals surface area contributed by atoms with Crippen molar-refractivity contribution >= 4 is 23.6 Å². The first-order valence-corrected chi connectivity index (χ1v) is 8.15. The molecule has 2 rings (SSSR count). The van der Waals surface area contributed by atoms with Crippen LogP contribution in [0.5, 0.6) is 0 Å². The Labute approximate surface area is 151 Å². The number of amides is 3. The second-order valence-corrected chi connectivity index (χ2v) is 5.86. The van der Waals surface area contributed by atoms with Crippen molar-refractivity contribution in [2.45, 2.75) is 25.3 Å². The minimum absolute atomic E-state index is 0.0634. The minimum Gasteiger partial charge on any atom is -0.480 e. The van der Waals surface area contributed by atoms with Gasteiger partial charge < -0.3 is 21.5 Å². The number of rotatable bonds is 8. The minimum atomic E-state index is -1.22. The third-order valence-corrected chi connectivity index (χ3v) is 3.72. The molecule has 1 atom stereocenters. The van der Waals surface area contributed by atoms with E-state index in [2.05, 4.69) is 10.6 Å². The molecule has 0 aliphatic carbocycles. The molecule has 0 saturated carbocycles. The molecule has 3 amide bonds. The molecule has 26 heavy (non-hydrogen) atoms. The van der Waals surface area contributed by atoms with Crippen LogP contribution >= 0.6 is 0 Å². The van der Waals surface area contributed by atoms with Gasteiger partial charge in [-0.15, -0.1) is 0 Å². The molecule has 0 radical (unpaired) electrons. The Balaban J connectivity index is 1.96. The molecule has 0 unspecified atom stereocenters. The fraction of sp³-hybridized carbons (Fsp3) is 0.211. The number of anilines is 1. The van der Waals surface area contributed by atoms with Gasteiger partial charge in [0.2, 0.25) is 5.91 Å². The maximum absolute atomic E-state index is 12.0. The number of carboxylic acid groups (broad SMARTS) is 1. The molecule has 136 valence electrons. The Morgan fingerprint density at radius 3 is 2.35 bits per heavy atom. The highest BCUT2D eigenvalue weighted by molar-refractivity contribution is 5.92. The number of nitrogens with one attached hydrogen (secondary N) is 2. The van der Waals surface area contributed by atoms with Crippen LogP contribution in [0.25, 0.3) is 0 Å². The summed E-state index contributed by atoms with van der Waals surface area (Å²) in [5.74, 6) is -1.84. The summed E-state index contributed by atoms with van der Waals surface area (Å²) in [6.07, 6.45) is 0.532. The van der Waals surface area contributed by atoms with Crippen LogP contribution in [0.3, 0.4) is 0 Å². The number of benzene rings is 2. The molecule has 0 aliphatic rings. The van der Waals surface area contributed by atoms with Crippen LogP contribution in [0.4, 0.5) is 10.5 Å². The molecule has 2 aromatic carbocycles. The number of carbonyl (C=O) groups excluding carboxylic acids is 2. The lowest BCUT2D eigenvalue weighted by Gasteiger charge is -2.15. The number of carbonyl (C=O) groups is 3. The van der Waals surface area contributed by atoms with Crippen LogP contribution in [0.1, 0.15) is 24.0 Å². The van der Waals surface area contributed by atoms with Crippen LogP contribution < -0.4 is 16.4 Å². The second kappa shape index (κ2) is 9.22. The number of nitrogens with two attached hydrogens (primary N) is 1. The average molecular weight is 355 g/mol. The Kier molecular flexibility index (Phi) is 6.73. The first-order valence-electron chi connectivity index (χ1n) is 8.15. The van der Waals surface area contributed by atoms with Crippen LogP contribution in [-0.4, -0.2) is 29.1 Å². The van der Waals surface area contributed by atoms with Gasteiger partial charge in [0.05, 0.1) is 0 Å². The van der Waals surface area contributed by atoms with Crippen molar-refractivity contribution in [3.8, 4) is 0 Å². The quantitative estimate of drug-likeness (QED) is 0.579. The van der Waals surface area contributed by atoms with Gasteiger partial charge in [-0.05, 0) is 36.1 Å². The summed E-state index contributed by atoms with van der Waals surface area (Å²) in [5, 5.41) is 14.1. The molecule has 0 bridgehead atoms. The lowest BCUT2D eigenvalue weighted by Crippen LogP contribution is -2.43. The highest BCUT2D eigenvalue weighted by Crippen LogP contribution is 2.14. The van der Waals surface area contributed by atoms with Crippen LogP contribution in [0, 0.1) is 0 Å². The van der Waals surface area contributed by atoms with Gasteiger partial charge in [0, 0.05) is 12.1 Å². The third-order valence-electron chi connectivity index (χ3n) is 3.72. The molecule has 0 saturated heterocycles. The highest BCUT2D eigenvalue weighted by Gasteiger charge is 2.20. The van der Waals surface area contributed by atoms with E-state index in [-0.39, 0.29) is 12.8 Å². The zero-order chi connectivity index (χ0) is 18.9. The van der Waals surface area contributed by atoms with Crippen molar-refractivity contribution in [1.29, 1.82) is 0 Å². The third kappa shape index (κ3) is 6.27. The first kappa shape index (κ1) is 19.0. The molecule has 0 aromatic heterocycles. The van der Waals surface area contributed by atoms with Crippen LogP contribution in [0.15, 0.2) is 54.6 Å². The molecule has 0 fully saturated rings. The monoisotopic (exact) mass is 355 g/mol. The number of hydrogen-bond acceptors (Lipinski definition) is 3. The summed E-state index contributed by atoms with van der Waals surface area (Å²) >= 11 is 0. The Hall–Kier alpha value is -3.35. The summed E-state index contributed by atoms with van der Waals surface area (Å²) < 4.78 is 0. The van der Waals surface area contributed by atoms with Gasteiger partial charge >= 0.3 is 12.0 Å². The number of carboxylic acids is 1. The van der Waals surface area contributed by atoms with Gasteiger partial charge in [-0.3, -0.25) is 4.79 Å². The number of hydrogen-bond donors (Lipinski definition) is 4. The van der Waals surface area contributed by atoms with Crippen LogP contribution in [-0.2, 0) is 16.0 Å². The van der Waals surface area contributed by atoms with E-state index in [1.54, 1.807) is 6.07 Å². The topological polar surface area (TPSA) is 122 Å². The van der Waals surface area contributed by atoms with E-state index in [0.717, 1.165) is 11.1 Å². The van der Waals surface area contributed by atoms with Gasteiger partial charge in [0.1, 0.15) is 6.04 Å². The fourth-order valence-corrected chi connectivity index (χ4v) is 2.46. The largest absolute Gasteiger partial charge is 0.480 e. The predicted octanol–water partition coefficient (Wildman–Crippen LogP) is 2.12.